The first kappa shape index (κ1) is 14.9. The molecule has 1 atom stereocenters. The summed E-state index contributed by atoms with van der Waals surface area (Å²) in [4.78, 5) is 22.3. The normalized spacial score (nSPS) is 14.4. The molecule has 0 amide bonds. The molecule has 0 bridgehead atoms. The largest absolute Gasteiger partial charge is 0.481 e. The van der Waals surface area contributed by atoms with Crippen LogP contribution in [-0.4, -0.2) is 28.7 Å². The molecule has 0 spiro atoms. The molecule has 0 saturated carbocycles. The summed E-state index contributed by atoms with van der Waals surface area (Å²) in [6.45, 7) is 8.23. The summed E-state index contributed by atoms with van der Waals surface area (Å²) in [5, 5.41) is 8.93. The molecule has 5 heteroatoms. The summed E-state index contributed by atoms with van der Waals surface area (Å²) >= 11 is 0. The van der Waals surface area contributed by atoms with Gasteiger partial charge >= 0.3 is 11.9 Å². The lowest BCUT2D eigenvalue weighted by atomic mass is 9.83. The van der Waals surface area contributed by atoms with Crippen molar-refractivity contribution in [2.45, 2.75) is 52.7 Å². The van der Waals surface area contributed by atoms with Gasteiger partial charge in [0.2, 0.25) is 0 Å². The quantitative estimate of drug-likeness (QED) is 0.708. The molecule has 0 aromatic rings. The predicted octanol–water partition coefficient (Wildman–Crippen LogP) is 1.16. The molecule has 0 radical (unpaired) electrons. The van der Waals surface area contributed by atoms with Gasteiger partial charge in [-0.3, -0.25) is 9.59 Å². The smallest absolute Gasteiger partial charge is 0.310 e. The fourth-order valence-corrected chi connectivity index (χ4v) is 0.976. The van der Waals surface area contributed by atoms with E-state index >= 15 is 0 Å². The standard InChI is InChI=1S/C11H21NO4/c1-10(2,3)16-8(13)6-7(12)11(4,5)9(14)15/h7H,6,12H2,1-5H3,(H,14,15)/t7-/m1/s1. The first-order valence-corrected chi connectivity index (χ1v) is 5.17. The number of carboxylic acids is 1. The van der Waals surface area contributed by atoms with Gasteiger partial charge in [-0.05, 0) is 34.6 Å². The van der Waals surface area contributed by atoms with Crippen LogP contribution >= 0.6 is 0 Å². The van der Waals surface area contributed by atoms with Crippen molar-refractivity contribution in [1.82, 2.24) is 0 Å². The summed E-state index contributed by atoms with van der Waals surface area (Å²) in [5.41, 5.74) is 3.97. The highest BCUT2D eigenvalue weighted by atomic mass is 16.6. The van der Waals surface area contributed by atoms with E-state index in [2.05, 4.69) is 0 Å². The minimum atomic E-state index is -1.14. The molecule has 0 aromatic carbocycles. The van der Waals surface area contributed by atoms with Crippen LogP contribution < -0.4 is 5.73 Å². The minimum Gasteiger partial charge on any atom is -0.481 e. The van der Waals surface area contributed by atoms with Crippen molar-refractivity contribution in [2.75, 3.05) is 0 Å². The third-order valence-corrected chi connectivity index (χ3v) is 2.28. The topological polar surface area (TPSA) is 89.6 Å². The molecule has 3 N–H and O–H groups in total. The average molecular weight is 231 g/mol. The predicted molar refractivity (Wildman–Crippen MR) is 59.9 cm³/mol. The number of aliphatic carboxylic acids is 1. The fourth-order valence-electron chi connectivity index (χ4n) is 0.976. The number of esters is 1. The van der Waals surface area contributed by atoms with Crippen molar-refractivity contribution in [1.29, 1.82) is 0 Å². The second kappa shape index (κ2) is 4.82. The number of nitrogens with two attached hydrogens (primary N) is 1. The van der Waals surface area contributed by atoms with Crippen molar-refractivity contribution < 1.29 is 19.4 Å². The summed E-state index contributed by atoms with van der Waals surface area (Å²) < 4.78 is 5.07. The third kappa shape index (κ3) is 4.61. The maximum absolute atomic E-state index is 11.4. The van der Waals surface area contributed by atoms with Crippen LogP contribution in [0.5, 0.6) is 0 Å². The molecule has 0 unspecified atom stereocenters. The van der Waals surface area contributed by atoms with Crippen molar-refractivity contribution in [3.8, 4) is 0 Å². The Labute approximate surface area is 96.0 Å². The fraction of sp³-hybridized carbons (Fsp3) is 0.818. The Kier molecular flexibility index (Phi) is 4.49. The number of ether oxygens (including phenoxy) is 1. The molecule has 0 aliphatic rings. The number of carbonyl (C=O) groups is 2. The Hall–Kier alpha value is -1.10. The van der Waals surface area contributed by atoms with Crippen LogP contribution in [0.15, 0.2) is 0 Å². The molecule has 0 aliphatic heterocycles. The van der Waals surface area contributed by atoms with E-state index in [1.807, 2.05) is 0 Å². The van der Waals surface area contributed by atoms with Gasteiger partial charge in [-0.25, -0.2) is 0 Å². The zero-order valence-corrected chi connectivity index (χ0v) is 10.5. The first-order valence-electron chi connectivity index (χ1n) is 5.17. The van der Waals surface area contributed by atoms with E-state index in [1.54, 1.807) is 20.8 Å². The van der Waals surface area contributed by atoms with E-state index in [0.717, 1.165) is 0 Å². The molecular weight excluding hydrogens is 210 g/mol. The average Bonchev–Trinajstić information content (AvgIpc) is 1.99. The van der Waals surface area contributed by atoms with Gasteiger partial charge in [0.05, 0.1) is 11.8 Å². The summed E-state index contributed by atoms with van der Waals surface area (Å²) in [6.07, 6.45) is -0.101. The van der Waals surface area contributed by atoms with Crippen LogP contribution in [0.3, 0.4) is 0 Å². The van der Waals surface area contributed by atoms with E-state index in [-0.39, 0.29) is 6.42 Å². The van der Waals surface area contributed by atoms with Gasteiger partial charge in [-0.1, -0.05) is 0 Å². The molecule has 0 fully saturated rings. The molecule has 0 heterocycles. The molecular formula is C11H21NO4. The highest BCUT2D eigenvalue weighted by Crippen LogP contribution is 2.22. The van der Waals surface area contributed by atoms with Crippen LogP contribution in [0.4, 0.5) is 0 Å². The maximum atomic E-state index is 11.4. The second-order valence-electron chi connectivity index (χ2n) is 5.42. The van der Waals surface area contributed by atoms with Gasteiger partial charge < -0.3 is 15.6 Å². The molecule has 0 aliphatic carbocycles. The van der Waals surface area contributed by atoms with Crippen LogP contribution in [0, 0.1) is 5.41 Å². The van der Waals surface area contributed by atoms with Crippen LogP contribution in [0.1, 0.15) is 41.0 Å². The lowest BCUT2D eigenvalue weighted by molar-refractivity contribution is -0.157. The minimum absolute atomic E-state index is 0.101. The number of rotatable bonds is 4. The maximum Gasteiger partial charge on any atom is 0.310 e. The molecule has 16 heavy (non-hydrogen) atoms. The van der Waals surface area contributed by atoms with Crippen LogP contribution in [-0.2, 0) is 14.3 Å². The van der Waals surface area contributed by atoms with E-state index in [0.29, 0.717) is 0 Å². The van der Waals surface area contributed by atoms with E-state index in [1.165, 1.54) is 13.8 Å². The van der Waals surface area contributed by atoms with Gasteiger partial charge in [0.1, 0.15) is 5.60 Å². The number of carbonyl (C=O) groups excluding carboxylic acids is 1. The van der Waals surface area contributed by atoms with Crippen LogP contribution in [0.25, 0.3) is 0 Å². The Bertz CT molecular complexity index is 278. The zero-order chi connectivity index (χ0) is 13.1. The Balaban J connectivity index is 4.41. The molecule has 0 saturated heterocycles. The van der Waals surface area contributed by atoms with Gasteiger partial charge in [0.25, 0.3) is 0 Å². The highest BCUT2D eigenvalue weighted by Gasteiger charge is 2.36. The molecule has 0 rings (SSSR count). The van der Waals surface area contributed by atoms with Gasteiger partial charge in [0.15, 0.2) is 0 Å². The van der Waals surface area contributed by atoms with Gasteiger partial charge in [-0.15, -0.1) is 0 Å². The van der Waals surface area contributed by atoms with Gasteiger partial charge in [-0.2, -0.15) is 0 Å². The number of carboxylic acid groups (broad SMARTS) is 1. The Morgan fingerprint density at radius 2 is 1.69 bits per heavy atom. The van der Waals surface area contributed by atoms with Gasteiger partial charge in [0, 0.05) is 6.04 Å². The van der Waals surface area contributed by atoms with E-state index in [9.17, 15) is 9.59 Å². The molecule has 94 valence electrons. The third-order valence-electron chi connectivity index (χ3n) is 2.28. The van der Waals surface area contributed by atoms with E-state index < -0.39 is 29.0 Å². The van der Waals surface area contributed by atoms with Crippen molar-refractivity contribution in [3.63, 3.8) is 0 Å². The molecule has 5 nitrogen and oxygen atoms in total. The van der Waals surface area contributed by atoms with Crippen molar-refractivity contribution >= 4 is 11.9 Å². The monoisotopic (exact) mass is 231 g/mol. The Morgan fingerprint density at radius 1 is 1.25 bits per heavy atom. The lowest BCUT2D eigenvalue weighted by Crippen LogP contribution is -2.45. The van der Waals surface area contributed by atoms with Crippen molar-refractivity contribution in [2.24, 2.45) is 11.1 Å². The summed E-state index contributed by atoms with van der Waals surface area (Å²) in [5.74, 6) is -1.50. The second-order valence-corrected chi connectivity index (χ2v) is 5.42. The SMILES string of the molecule is CC(C)(C)OC(=O)C[C@@H](N)C(C)(C)C(=O)O. The zero-order valence-electron chi connectivity index (χ0n) is 10.5. The van der Waals surface area contributed by atoms with Crippen molar-refractivity contribution in [3.05, 3.63) is 0 Å². The summed E-state index contributed by atoms with van der Waals surface area (Å²) in [6, 6.07) is -0.764. The Morgan fingerprint density at radius 3 is 2.00 bits per heavy atom. The van der Waals surface area contributed by atoms with Crippen LogP contribution in [0.2, 0.25) is 0 Å². The number of hydrogen-bond donors (Lipinski definition) is 2. The lowest BCUT2D eigenvalue weighted by Gasteiger charge is -2.27. The van der Waals surface area contributed by atoms with E-state index in [4.69, 9.17) is 15.6 Å². The first-order chi connectivity index (χ1) is 6.97. The summed E-state index contributed by atoms with van der Waals surface area (Å²) in [7, 11) is 0. The number of hydrogen-bond acceptors (Lipinski definition) is 4. The highest BCUT2D eigenvalue weighted by molar-refractivity contribution is 5.77. The molecule has 0 aromatic heterocycles.